The molecule has 3 rings (SSSR count). The number of ether oxygens (including phenoxy) is 1. The van der Waals surface area contributed by atoms with E-state index in [1.807, 2.05) is 23.9 Å². The van der Waals surface area contributed by atoms with Crippen molar-refractivity contribution < 1.29 is 28.0 Å². The van der Waals surface area contributed by atoms with Crippen LogP contribution in [0.25, 0.3) is 0 Å². The van der Waals surface area contributed by atoms with Crippen LogP contribution >= 0.6 is 0 Å². The zero-order valence-electron chi connectivity index (χ0n) is 18.6. The van der Waals surface area contributed by atoms with Crippen LogP contribution in [0.4, 0.5) is 8.78 Å². The van der Waals surface area contributed by atoms with Crippen molar-refractivity contribution in [1.29, 1.82) is 0 Å². The summed E-state index contributed by atoms with van der Waals surface area (Å²) in [5.41, 5.74) is -1.78. The standard InChI is InChI=1S/C24H33F2N2O3/c1-4-21(5-2)28-14-13-27(18(28)3)15-16-31-22(29)24(30,19-9-7-6-8-10-19)20-11-12-23(25,26)17-20/h6-10,13-14,20-21,30H,4-5,11-12,15-17H2,1-3H3/q+1/t20-,24-/m0/s1. The van der Waals surface area contributed by atoms with E-state index < -0.39 is 29.8 Å². The SMILES string of the molecule is CCC(CC)n1cc[n+](CCOC(=O)[C@](O)(c2ccccc2)[C@H]2CCC(F)(F)C2)c1C. The highest BCUT2D eigenvalue weighted by molar-refractivity contribution is 5.81. The molecule has 0 spiro atoms. The van der Waals surface area contributed by atoms with Crippen molar-refractivity contribution in [3.05, 3.63) is 54.1 Å². The summed E-state index contributed by atoms with van der Waals surface area (Å²) in [5, 5.41) is 11.4. The van der Waals surface area contributed by atoms with Gasteiger partial charge in [-0.05, 0) is 24.8 Å². The van der Waals surface area contributed by atoms with E-state index in [1.165, 1.54) is 0 Å². The van der Waals surface area contributed by atoms with Gasteiger partial charge in [0.2, 0.25) is 5.92 Å². The summed E-state index contributed by atoms with van der Waals surface area (Å²) in [6.45, 7) is 6.79. The zero-order chi connectivity index (χ0) is 22.6. The second-order valence-corrected chi connectivity index (χ2v) is 8.48. The smallest absolute Gasteiger partial charge is 0.343 e. The zero-order valence-corrected chi connectivity index (χ0v) is 18.6. The molecule has 7 heteroatoms. The third kappa shape index (κ3) is 4.81. The van der Waals surface area contributed by atoms with E-state index in [9.17, 15) is 18.7 Å². The van der Waals surface area contributed by atoms with E-state index in [0.717, 1.165) is 18.7 Å². The number of imidazole rings is 1. The van der Waals surface area contributed by atoms with E-state index in [0.29, 0.717) is 18.2 Å². The summed E-state index contributed by atoms with van der Waals surface area (Å²) in [6, 6.07) is 8.71. The quantitative estimate of drug-likeness (QED) is 0.472. The van der Waals surface area contributed by atoms with Gasteiger partial charge < -0.3 is 9.84 Å². The largest absolute Gasteiger partial charge is 0.459 e. The lowest BCUT2D eigenvalue weighted by Gasteiger charge is -2.32. The lowest BCUT2D eigenvalue weighted by molar-refractivity contribution is -0.703. The van der Waals surface area contributed by atoms with Gasteiger partial charge >= 0.3 is 5.97 Å². The average Bonchev–Trinajstić information content (AvgIpc) is 3.31. The number of aromatic nitrogens is 2. The van der Waals surface area contributed by atoms with Gasteiger partial charge in [0.25, 0.3) is 5.82 Å². The fourth-order valence-electron chi connectivity index (χ4n) is 4.69. The predicted molar refractivity (Wildman–Crippen MR) is 113 cm³/mol. The van der Waals surface area contributed by atoms with Crippen LogP contribution < -0.4 is 4.57 Å². The number of alkyl halides is 2. The van der Waals surface area contributed by atoms with Gasteiger partial charge in [-0.15, -0.1) is 0 Å². The van der Waals surface area contributed by atoms with Crippen molar-refractivity contribution in [2.45, 2.75) is 77.0 Å². The Morgan fingerprint density at radius 3 is 2.58 bits per heavy atom. The summed E-state index contributed by atoms with van der Waals surface area (Å²) in [6.07, 6.45) is 5.23. The van der Waals surface area contributed by atoms with E-state index in [-0.39, 0.29) is 19.4 Å². The summed E-state index contributed by atoms with van der Waals surface area (Å²) in [4.78, 5) is 13.0. The fraction of sp³-hybridized carbons (Fsp3) is 0.583. The molecule has 0 unspecified atom stereocenters. The lowest BCUT2D eigenvalue weighted by Crippen LogP contribution is -2.45. The third-order valence-corrected chi connectivity index (χ3v) is 6.62. The van der Waals surface area contributed by atoms with Crippen LogP contribution in [0.5, 0.6) is 0 Å². The third-order valence-electron chi connectivity index (χ3n) is 6.62. The molecule has 0 aliphatic heterocycles. The van der Waals surface area contributed by atoms with Crippen molar-refractivity contribution in [2.75, 3.05) is 6.61 Å². The number of carbonyl (C=O) groups excluding carboxylic acids is 1. The molecular formula is C24H33F2N2O3+. The maximum atomic E-state index is 13.9. The minimum Gasteiger partial charge on any atom is -0.459 e. The Morgan fingerprint density at radius 2 is 2.00 bits per heavy atom. The number of carbonyl (C=O) groups is 1. The van der Waals surface area contributed by atoms with Crippen molar-refractivity contribution >= 4 is 5.97 Å². The highest BCUT2D eigenvalue weighted by Gasteiger charge is 2.54. The van der Waals surface area contributed by atoms with Crippen LogP contribution in [-0.4, -0.2) is 28.2 Å². The highest BCUT2D eigenvalue weighted by Crippen LogP contribution is 2.47. The summed E-state index contributed by atoms with van der Waals surface area (Å²) in [5.74, 6) is -3.57. The number of hydrogen-bond donors (Lipinski definition) is 1. The Labute approximate surface area is 182 Å². The maximum Gasteiger partial charge on any atom is 0.343 e. The Balaban J connectivity index is 1.72. The number of hydrogen-bond acceptors (Lipinski definition) is 3. The molecule has 1 fully saturated rings. The minimum absolute atomic E-state index is 0.0511. The van der Waals surface area contributed by atoms with E-state index in [2.05, 4.69) is 18.4 Å². The average molecular weight is 436 g/mol. The molecule has 1 aromatic carbocycles. The molecular weight excluding hydrogens is 402 g/mol. The molecule has 1 saturated carbocycles. The second-order valence-electron chi connectivity index (χ2n) is 8.48. The second kappa shape index (κ2) is 9.47. The number of rotatable bonds is 9. The van der Waals surface area contributed by atoms with Crippen molar-refractivity contribution in [2.24, 2.45) is 5.92 Å². The molecule has 2 aromatic rings. The number of nitrogens with zero attached hydrogens (tertiary/aromatic N) is 2. The van der Waals surface area contributed by atoms with Gasteiger partial charge in [0.1, 0.15) is 31.6 Å². The van der Waals surface area contributed by atoms with Crippen LogP contribution in [0.1, 0.15) is 63.4 Å². The van der Waals surface area contributed by atoms with Crippen molar-refractivity contribution in [1.82, 2.24) is 4.57 Å². The first-order chi connectivity index (χ1) is 14.7. The first-order valence-electron chi connectivity index (χ1n) is 11.1. The molecule has 0 radical (unpaired) electrons. The number of halogens is 2. The molecule has 170 valence electrons. The Kier molecular flexibility index (Phi) is 7.14. The van der Waals surface area contributed by atoms with Gasteiger partial charge in [-0.2, -0.15) is 0 Å². The van der Waals surface area contributed by atoms with E-state index >= 15 is 0 Å². The van der Waals surface area contributed by atoms with Crippen molar-refractivity contribution in [3.8, 4) is 0 Å². The highest BCUT2D eigenvalue weighted by atomic mass is 19.3. The monoisotopic (exact) mass is 435 g/mol. The predicted octanol–water partition coefficient (Wildman–Crippen LogP) is 4.31. The van der Waals surface area contributed by atoms with Gasteiger partial charge in [-0.1, -0.05) is 44.2 Å². The molecule has 0 bridgehead atoms. The van der Waals surface area contributed by atoms with Crippen LogP contribution in [0, 0.1) is 12.8 Å². The van der Waals surface area contributed by atoms with Gasteiger partial charge in [0, 0.05) is 25.7 Å². The van der Waals surface area contributed by atoms with Gasteiger partial charge in [0.05, 0.1) is 0 Å². The molecule has 0 saturated heterocycles. The molecule has 5 nitrogen and oxygen atoms in total. The summed E-state index contributed by atoms with van der Waals surface area (Å²) >= 11 is 0. The Hall–Kier alpha value is -2.28. The fourth-order valence-corrected chi connectivity index (χ4v) is 4.69. The minimum atomic E-state index is -2.88. The lowest BCUT2D eigenvalue weighted by atomic mass is 9.80. The molecule has 2 atom stereocenters. The number of esters is 1. The van der Waals surface area contributed by atoms with E-state index in [1.54, 1.807) is 30.3 Å². The summed E-state index contributed by atoms with van der Waals surface area (Å²) < 4.78 is 37.4. The van der Waals surface area contributed by atoms with Crippen LogP contribution in [-0.2, 0) is 21.7 Å². The van der Waals surface area contributed by atoms with Crippen LogP contribution in [0.3, 0.4) is 0 Å². The number of benzene rings is 1. The molecule has 31 heavy (non-hydrogen) atoms. The Bertz CT molecular complexity index is 880. The molecule has 1 heterocycles. The number of aliphatic hydroxyl groups is 1. The first-order valence-corrected chi connectivity index (χ1v) is 11.1. The van der Waals surface area contributed by atoms with Gasteiger partial charge in [-0.25, -0.2) is 22.7 Å². The van der Waals surface area contributed by atoms with Crippen LogP contribution in [0.15, 0.2) is 42.7 Å². The Morgan fingerprint density at radius 1 is 1.32 bits per heavy atom. The van der Waals surface area contributed by atoms with Crippen LogP contribution in [0.2, 0.25) is 0 Å². The van der Waals surface area contributed by atoms with E-state index in [4.69, 9.17) is 4.74 Å². The van der Waals surface area contributed by atoms with Gasteiger partial charge in [-0.3, -0.25) is 0 Å². The summed E-state index contributed by atoms with van der Waals surface area (Å²) in [7, 11) is 0. The molecule has 1 aromatic heterocycles. The maximum absolute atomic E-state index is 13.9. The first kappa shape index (κ1) is 23.4. The molecule has 1 aliphatic carbocycles. The normalized spacial score (nSPS) is 20.0. The molecule has 0 amide bonds. The molecule has 1 N–H and O–H groups in total. The van der Waals surface area contributed by atoms with Crippen molar-refractivity contribution in [3.63, 3.8) is 0 Å². The molecule has 1 aliphatic rings. The topological polar surface area (TPSA) is 55.3 Å². The van der Waals surface area contributed by atoms with Gasteiger partial charge in [0.15, 0.2) is 5.60 Å².